The molecule has 26 heavy (non-hydrogen) atoms. The van der Waals surface area contributed by atoms with Crippen molar-refractivity contribution in [1.82, 2.24) is 10.3 Å². The summed E-state index contributed by atoms with van der Waals surface area (Å²) in [6, 6.07) is 1.10. The summed E-state index contributed by atoms with van der Waals surface area (Å²) in [5, 5.41) is 12.2. The first-order chi connectivity index (χ1) is 12.3. The molecule has 0 amide bonds. The van der Waals surface area contributed by atoms with Gasteiger partial charge in [-0.1, -0.05) is 25.4 Å². The monoisotopic (exact) mass is 448 g/mol. The molecule has 1 aromatic rings. The van der Waals surface area contributed by atoms with Crippen molar-refractivity contribution in [2.45, 2.75) is 26.8 Å². The quantitative estimate of drug-likeness (QED) is 0.149. The molecule has 0 aromatic carbocycles. The van der Waals surface area contributed by atoms with Crippen LogP contribution in [0.5, 0.6) is 5.88 Å². The van der Waals surface area contributed by atoms with E-state index in [4.69, 9.17) is 21.1 Å². The summed E-state index contributed by atoms with van der Waals surface area (Å²) in [5.74, 6) is -1.16. The fourth-order valence-corrected chi connectivity index (χ4v) is 2.67. The van der Waals surface area contributed by atoms with E-state index < -0.39 is 11.8 Å². The lowest BCUT2D eigenvalue weighted by Gasteiger charge is -2.19. The topological polar surface area (TPSA) is 97.8 Å². The molecule has 144 valence electrons. The molecule has 0 saturated heterocycles. The highest BCUT2D eigenvalue weighted by molar-refractivity contribution is 9.10. The van der Waals surface area contributed by atoms with Gasteiger partial charge in [0.2, 0.25) is 11.7 Å². The van der Waals surface area contributed by atoms with E-state index in [0.717, 1.165) is 0 Å². The highest BCUT2D eigenvalue weighted by Crippen LogP contribution is 2.29. The van der Waals surface area contributed by atoms with Crippen LogP contribution < -0.4 is 10.1 Å². The van der Waals surface area contributed by atoms with Gasteiger partial charge >= 0.3 is 5.97 Å². The third-order valence-electron chi connectivity index (χ3n) is 3.52. The number of esters is 1. The number of nitrogens with zero attached hydrogens (tertiary/aromatic N) is 1. The summed E-state index contributed by atoms with van der Waals surface area (Å²) in [4.78, 5) is 29.1. The number of pyridine rings is 1. The van der Waals surface area contributed by atoms with E-state index in [1.165, 1.54) is 19.4 Å². The maximum atomic E-state index is 12.8. The van der Waals surface area contributed by atoms with Crippen LogP contribution >= 0.6 is 27.5 Å². The van der Waals surface area contributed by atoms with Crippen LogP contribution in [0.25, 0.3) is 0 Å². The van der Waals surface area contributed by atoms with Crippen LogP contribution in [0.4, 0.5) is 0 Å². The van der Waals surface area contributed by atoms with Crippen molar-refractivity contribution in [1.29, 1.82) is 0 Å². The van der Waals surface area contributed by atoms with Crippen molar-refractivity contribution in [2.75, 3.05) is 20.3 Å². The third-order valence-corrected chi connectivity index (χ3v) is 4.37. The largest absolute Gasteiger partial charge is 0.480 e. The molecular formula is C17H22BrClN2O5. The first-order valence-corrected chi connectivity index (χ1v) is 9.12. The summed E-state index contributed by atoms with van der Waals surface area (Å²) >= 11 is 9.31. The van der Waals surface area contributed by atoms with Gasteiger partial charge in [-0.05, 0) is 34.8 Å². The number of hydrogen-bond acceptors (Lipinski definition) is 7. The molecule has 0 radical (unpaired) electrons. The van der Waals surface area contributed by atoms with Crippen LogP contribution in [-0.4, -0.2) is 48.2 Å². The Balaban J connectivity index is 3.28. The number of nitrogens with one attached hydrogen (secondary N) is 1. The predicted molar refractivity (Wildman–Crippen MR) is 101 cm³/mol. The Morgan fingerprint density at radius 1 is 1.46 bits per heavy atom. The van der Waals surface area contributed by atoms with Crippen LogP contribution in [0.3, 0.4) is 0 Å². The van der Waals surface area contributed by atoms with Gasteiger partial charge in [0.1, 0.15) is 10.7 Å². The number of aliphatic hydroxyl groups is 1. The van der Waals surface area contributed by atoms with Crippen LogP contribution in [0.1, 0.15) is 31.1 Å². The fourth-order valence-electron chi connectivity index (χ4n) is 1.97. The number of ether oxygens (including phenoxy) is 2. The van der Waals surface area contributed by atoms with Crippen LogP contribution in [0, 0.1) is 5.92 Å². The molecule has 0 spiro atoms. The number of Topliss-reactive ketones (excluding diaryl/α,β-unsaturated/α-hetero) is 1. The smallest absolute Gasteiger partial charge is 0.343 e. The predicted octanol–water partition coefficient (Wildman–Crippen LogP) is 2.74. The number of aliphatic hydroxyl groups excluding tert-OH is 1. The lowest BCUT2D eigenvalue weighted by Crippen LogP contribution is -2.34. The zero-order valence-electron chi connectivity index (χ0n) is 15.0. The van der Waals surface area contributed by atoms with Crippen LogP contribution in [-0.2, 0) is 9.53 Å². The van der Waals surface area contributed by atoms with E-state index in [0.29, 0.717) is 4.47 Å². The first kappa shape index (κ1) is 22.4. The molecule has 0 unspecified atom stereocenters. The van der Waals surface area contributed by atoms with Crippen molar-refractivity contribution in [2.24, 2.45) is 5.92 Å². The number of carbonyl (C=O) groups is 2. The third kappa shape index (κ3) is 5.69. The zero-order valence-corrected chi connectivity index (χ0v) is 17.3. The number of methoxy groups -OCH3 is 1. The maximum Gasteiger partial charge on any atom is 0.343 e. The summed E-state index contributed by atoms with van der Waals surface area (Å²) in [7, 11) is 1.42. The average molecular weight is 450 g/mol. The van der Waals surface area contributed by atoms with Crippen molar-refractivity contribution >= 4 is 39.3 Å². The molecule has 0 aliphatic carbocycles. The van der Waals surface area contributed by atoms with Gasteiger partial charge in [-0.15, -0.1) is 0 Å². The van der Waals surface area contributed by atoms with Gasteiger partial charge in [-0.25, -0.2) is 4.79 Å². The van der Waals surface area contributed by atoms with Gasteiger partial charge in [0.05, 0.1) is 36.4 Å². The molecule has 0 fully saturated rings. The summed E-state index contributed by atoms with van der Waals surface area (Å²) in [6.07, 6.45) is 1.25. The molecule has 1 heterocycles. The minimum Gasteiger partial charge on any atom is -0.480 e. The molecule has 7 nitrogen and oxygen atoms in total. The molecule has 1 rings (SSSR count). The van der Waals surface area contributed by atoms with Crippen LogP contribution in [0.2, 0.25) is 5.15 Å². The lowest BCUT2D eigenvalue weighted by atomic mass is 10.0. The normalized spacial score (nSPS) is 12.7. The lowest BCUT2D eigenvalue weighted by molar-refractivity contribution is -0.138. The molecular weight excluding hydrogens is 428 g/mol. The Hall–Kier alpha value is -1.64. The van der Waals surface area contributed by atoms with Gasteiger partial charge in [0.15, 0.2) is 0 Å². The SMILES string of the molecule is CCOC(=O)/C(=C\N[C@H](CO)C(C)C)C(=O)c1cc(Br)c(OC)nc1Cl. The number of halogens is 2. The molecule has 0 aliphatic rings. The molecule has 9 heteroatoms. The van der Waals surface area contributed by atoms with Crippen LogP contribution in [0.15, 0.2) is 22.3 Å². The van der Waals surface area contributed by atoms with Crippen molar-refractivity contribution in [3.63, 3.8) is 0 Å². The molecule has 1 aromatic heterocycles. The van der Waals surface area contributed by atoms with Gasteiger partial charge in [0, 0.05) is 6.20 Å². The van der Waals surface area contributed by atoms with Gasteiger partial charge in [-0.2, -0.15) is 4.98 Å². The molecule has 2 N–H and O–H groups in total. The van der Waals surface area contributed by atoms with E-state index >= 15 is 0 Å². The number of aromatic nitrogens is 1. The van der Waals surface area contributed by atoms with E-state index in [9.17, 15) is 14.7 Å². The number of hydrogen-bond donors (Lipinski definition) is 2. The van der Waals surface area contributed by atoms with Crippen molar-refractivity contribution in [3.8, 4) is 5.88 Å². The Morgan fingerprint density at radius 3 is 2.62 bits per heavy atom. The van der Waals surface area contributed by atoms with Crippen molar-refractivity contribution in [3.05, 3.63) is 33.0 Å². The second kappa shape index (κ2) is 10.5. The number of ketones is 1. The second-order valence-electron chi connectivity index (χ2n) is 5.63. The van der Waals surface area contributed by atoms with Gasteiger partial charge in [-0.3, -0.25) is 4.79 Å². The van der Waals surface area contributed by atoms with E-state index in [-0.39, 0.29) is 47.3 Å². The standard InChI is InChI=1S/C17H22BrClN2O5/c1-5-26-17(24)11(7-20-13(8-22)9(2)3)14(23)10-6-12(18)16(25-4)21-15(10)19/h6-7,9,13,20,22H,5,8H2,1-4H3/b11-7-/t13-/m1/s1. The minimum atomic E-state index is -0.798. The first-order valence-electron chi connectivity index (χ1n) is 7.95. The van der Waals surface area contributed by atoms with E-state index in [1.807, 2.05) is 13.8 Å². The second-order valence-corrected chi connectivity index (χ2v) is 6.84. The summed E-state index contributed by atoms with van der Waals surface area (Å²) in [5.41, 5.74) is -0.225. The molecule has 0 saturated carbocycles. The Labute approximate surface area is 165 Å². The summed E-state index contributed by atoms with van der Waals surface area (Å²) in [6.45, 7) is 5.38. The maximum absolute atomic E-state index is 12.8. The zero-order chi connectivity index (χ0) is 19.9. The number of carbonyl (C=O) groups excluding carboxylic acids is 2. The highest BCUT2D eigenvalue weighted by atomic mass is 79.9. The number of rotatable bonds is 9. The van der Waals surface area contributed by atoms with Gasteiger partial charge in [0.25, 0.3) is 0 Å². The van der Waals surface area contributed by atoms with E-state index in [2.05, 4.69) is 26.2 Å². The average Bonchev–Trinajstić information content (AvgIpc) is 2.59. The Morgan fingerprint density at radius 2 is 2.12 bits per heavy atom. The highest BCUT2D eigenvalue weighted by Gasteiger charge is 2.26. The molecule has 1 atom stereocenters. The van der Waals surface area contributed by atoms with Gasteiger partial charge < -0.3 is 19.9 Å². The van der Waals surface area contributed by atoms with Crippen molar-refractivity contribution < 1.29 is 24.2 Å². The molecule has 0 bridgehead atoms. The molecule has 0 aliphatic heterocycles. The summed E-state index contributed by atoms with van der Waals surface area (Å²) < 4.78 is 10.4. The Bertz CT molecular complexity index is 694. The fraction of sp³-hybridized carbons (Fsp3) is 0.471. The minimum absolute atomic E-state index is 0.0190. The Kier molecular flexibility index (Phi) is 9.04. The van der Waals surface area contributed by atoms with E-state index in [1.54, 1.807) is 6.92 Å².